The third kappa shape index (κ3) is 2.10. The molecular weight excluding hydrogens is 244 g/mol. The number of carboxylic acids is 1. The van der Waals surface area contributed by atoms with Crippen LogP contribution in [0.1, 0.15) is 31.0 Å². The van der Waals surface area contributed by atoms with Crippen LogP contribution in [-0.2, 0) is 16.0 Å². The van der Waals surface area contributed by atoms with Gasteiger partial charge in [0.1, 0.15) is 0 Å². The van der Waals surface area contributed by atoms with Crippen LogP contribution in [-0.4, -0.2) is 24.0 Å². The number of fused-ring (bicyclic) bond motifs is 1. The minimum atomic E-state index is -1.05. The van der Waals surface area contributed by atoms with Gasteiger partial charge in [-0.15, -0.1) is 0 Å². The lowest BCUT2D eigenvalue weighted by Gasteiger charge is -2.27. The Labute approximate surface area is 112 Å². The summed E-state index contributed by atoms with van der Waals surface area (Å²) in [6, 6.07) is 4.85. The Hall–Kier alpha value is -1.88. The van der Waals surface area contributed by atoms with Gasteiger partial charge in [0, 0.05) is 18.8 Å². The maximum absolute atomic E-state index is 11.6. The van der Waals surface area contributed by atoms with E-state index >= 15 is 0 Å². The molecule has 3 N–H and O–H groups in total. The number of aliphatic carboxylic acids is 1. The van der Waals surface area contributed by atoms with Crippen molar-refractivity contribution < 1.29 is 14.7 Å². The quantitative estimate of drug-likeness (QED) is 0.860. The molecule has 1 unspecified atom stereocenters. The van der Waals surface area contributed by atoms with Crippen LogP contribution in [0.25, 0.3) is 0 Å². The molecule has 0 saturated carbocycles. The van der Waals surface area contributed by atoms with Gasteiger partial charge in [-0.25, -0.2) is 0 Å². The molecule has 102 valence electrons. The fraction of sp³-hybridized carbons (Fsp3) is 0.429. The number of carbonyl (C=O) groups is 2. The molecule has 1 aromatic rings. The Morgan fingerprint density at radius 2 is 2.11 bits per heavy atom. The zero-order chi connectivity index (χ0) is 14.4. The Bertz CT molecular complexity index is 552. The molecule has 1 atom stereocenters. The highest BCUT2D eigenvalue weighted by atomic mass is 16.4. The minimum Gasteiger partial charge on any atom is -0.481 e. The number of amides is 1. The number of benzene rings is 1. The first-order valence-corrected chi connectivity index (χ1v) is 6.13. The molecule has 0 spiro atoms. The van der Waals surface area contributed by atoms with Gasteiger partial charge in [-0.05, 0) is 31.0 Å². The van der Waals surface area contributed by atoms with E-state index in [4.69, 9.17) is 5.73 Å². The van der Waals surface area contributed by atoms with Gasteiger partial charge in [0.15, 0.2) is 0 Å². The smallest absolute Gasteiger partial charge is 0.311 e. The predicted molar refractivity (Wildman–Crippen MR) is 71.9 cm³/mol. The second-order valence-corrected chi connectivity index (χ2v) is 5.52. The molecule has 0 aromatic heterocycles. The van der Waals surface area contributed by atoms with Crippen molar-refractivity contribution in [1.82, 2.24) is 0 Å². The van der Waals surface area contributed by atoms with Crippen molar-refractivity contribution in [2.75, 3.05) is 11.9 Å². The topological polar surface area (TPSA) is 83.6 Å². The normalized spacial score (nSPS) is 16.4. The monoisotopic (exact) mass is 262 g/mol. The van der Waals surface area contributed by atoms with Crippen molar-refractivity contribution in [3.05, 3.63) is 29.3 Å². The second kappa shape index (κ2) is 4.35. The van der Waals surface area contributed by atoms with E-state index in [1.54, 1.807) is 31.9 Å². The fourth-order valence-corrected chi connectivity index (χ4v) is 2.23. The van der Waals surface area contributed by atoms with Gasteiger partial charge in [-0.1, -0.05) is 12.1 Å². The molecule has 1 aliphatic rings. The SMILES string of the molecule is CN1C(=O)Cc2cc(C(N)C(C)(C)C(=O)O)ccc21. The zero-order valence-corrected chi connectivity index (χ0v) is 11.3. The van der Waals surface area contributed by atoms with Crippen molar-refractivity contribution in [3.63, 3.8) is 0 Å². The maximum atomic E-state index is 11.6. The van der Waals surface area contributed by atoms with Crippen LogP contribution in [0.15, 0.2) is 18.2 Å². The number of hydrogen-bond donors (Lipinski definition) is 2. The molecule has 5 heteroatoms. The lowest BCUT2D eigenvalue weighted by molar-refractivity contribution is -0.148. The molecule has 0 aliphatic carbocycles. The summed E-state index contributed by atoms with van der Waals surface area (Å²) in [4.78, 5) is 24.5. The molecule has 0 fully saturated rings. The molecule has 0 radical (unpaired) electrons. The molecule has 1 aliphatic heterocycles. The van der Waals surface area contributed by atoms with Crippen molar-refractivity contribution in [3.8, 4) is 0 Å². The Morgan fingerprint density at radius 3 is 2.68 bits per heavy atom. The third-order valence-electron chi connectivity index (χ3n) is 3.87. The summed E-state index contributed by atoms with van der Waals surface area (Å²) >= 11 is 0. The van der Waals surface area contributed by atoms with E-state index in [9.17, 15) is 14.7 Å². The van der Waals surface area contributed by atoms with Crippen molar-refractivity contribution in [1.29, 1.82) is 0 Å². The van der Waals surface area contributed by atoms with Crippen molar-refractivity contribution >= 4 is 17.6 Å². The molecule has 1 aromatic carbocycles. The summed E-state index contributed by atoms with van der Waals surface area (Å²) in [7, 11) is 1.73. The number of likely N-dealkylation sites (N-methyl/N-ethyl adjacent to an activating group) is 1. The van der Waals surface area contributed by atoms with Crippen LogP contribution in [0.3, 0.4) is 0 Å². The minimum absolute atomic E-state index is 0.0400. The second-order valence-electron chi connectivity index (χ2n) is 5.52. The molecule has 1 heterocycles. The van der Waals surface area contributed by atoms with E-state index in [2.05, 4.69) is 0 Å². The number of anilines is 1. The first kappa shape index (κ1) is 13.5. The van der Waals surface area contributed by atoms with Crippen LogP contribution < -0.4 is 10.6 Å². The molecule has 1 amide bonds. The summed E-state index contributed by atoms with van der Waals surface area (Å²) in [5.41, 5.74) is 7.52. The van der Waals surface area contributed by atoms with Gasteiger partial charge in [0.25, 0.3) is 0 Å². The highest BCUT2D eigenvalue weighted by molar-refractivity contribution is 6.00. The number of nitrogens with zero attached hydrogens (tertiary/aromatic N) is 1. The summed E-state index contributed by atoms with van der Waals surface area (Å²) < 4.78 is 0. The predicted octanol–water partition coefficient (Wildman–Crippen LogP) is 1.32. The average Bonchev–Trinajstić information content (AvgIpc) is 2.63. The number of nitrogens with two attached hydrogens (primary N) is 1. The largest absolute Gasteiger partial charge is 0.481 e. The first-order chi connectivity index (χ1) is 8.75. The van der Waals surface area contributed by atoms with Gasteiger partial charge in [0.2, 0.25) is 5.91 Å². The van der Waals surface area contributed by atoms with E-state index in [1.165, 1.54) is 0 Å². The molecule has 2 rings (SSSR count). The maximum Gasteiger partial charge on any atom is 0.311 e. The number of carbonyl (C=O) groups excluding carboxylic acids is 1. The standard InChI is InChI=1S/C14H18N2O3/c1-14(2,13(18)19)12(15)8-4-5-10-9(6-8)7-11(17)16(10)3/h4-6,12H,7,15H2,1-3H3,(H,18,19). The highest BCUT2D eigenvalue weighted by Crippen LogP contribution is 2.35. The summed E-state index contributed by atoms with van der Waals surface area (Å²) in [6.45, 7) is 3.20. The van der Waals surface area contributed by atoms with Crippen molar-refractivity contribution in [2.45, 2.75) is 26.3 Å². The van der Waals surface area contributed by atoms with Gasteiger partial charge in [0.05, 0.1) is 11.8 Å². The lowest BCUT2D eigenvalue weighted by Crippen LogP contribution is -2.36. The van der Waals surface area contributed by atoms with Crippen molar-refractivity contribution in [2.24, 2.45) is 11.1 Å². The molecule has 0 saturated heterocycles. The molecular formula is C14H18N2O3. The van der Waals surface area contributed by atoms with Crippen LogP contribution in [0, 0.1) is 5.41 Å². The van der Waals surface area contributed by atoms with Crippen LogP contribution in [0.2, 0.25) is 0 Å². The average molecular weight is 262 g/mol. The molecule has 0 bridgehead atoms. The van der Waals surface area contributed by atoms with Gasteiger partial charge in [-0.2, -0.15) is 0 Å². The number of rotatable bonds is 3. The summed E-state index contributed by atoms with van der Waals surface area (Å²) in [5, 5.41) is 9.21. The van der Waals surface area contributed by atoms with Gasteiger partial charge >= 0.3 is 5.97 Å². The van der Waals surface area contributed by atoms with E-state index in [0.717, 1.165) is 16.8 Å². The Kier molecular flexibility index (Phi) is 3.10. The van der Waals surface area contributed by atoms with Gasteiger partial charge < -0.3 is 15.7 Å². The molecule has 5 nitrogen and oxygen atoms in total. The summed E-state index contributed by atoms with van der Waals surface area (Å²) in [6.07, 6.45) is 0.347. The number of hydrogen-bond acceptors (Lipinski definition) is 3. The van der Waals surface area contributed by atoms with Crippen LogP contribution in [0.4, 0.5) is 5.69 Å². The Morgan fingerprint density at radius 1 is 1.47 bits per heavy atom. The molecule has 19 heavy (non-hydrogen) atoms. The van der Waals surface area contributed by atoms with Gasteiger partial charge in [-0.3, -0.25) is 9.59 Å². The fourth-order valence-electron chi connectivity index (χ4n) is 2.23. The van der Waals surface area contributed by atoms with E-state index in [1.807, 2.05) is 12.1 Å². The highest BCUT2D eigenvalue weighted by Gasteiger charge is 2.36. The zero-order valence-electron chi connectivity index (χ0n) is 11.3. The lowest BCUT2D eigenvalue weighted by atomic mass is 9.80. The van der Waals surface area contributed by atoms with E-state index in [-0.39, 0.29) is 5.91 Å². The van der Waals surface area contributed by atoms with E-state index < -0.39 is 17.4 Å². The first-order valence-electron chi connectivity index (χ1n) is 6.13. The summed E-state index contributed by atoms with van der Waals surface area (Å²) in [5.74, 6) is -0.896. The third-order valence-corrected chi connectivity index (χ3v) is 3.87. The van der Waals surface area contributed by atoms with Crippen LogP contribution >= 0.6 is 0 Å². The number of carboxylic acid groups (broad SMARTS) is 1. The Balaban J connectivity index is 2.37. The van der Waals surface area contributed by atoms with E-state index in [0.29, 0.717) is 6.42 Å². The van der Waals surface area contributed by atoms with Crippen LogP contribution in [0.5, 0.6) is 0 Å².